The number of carbonyl (C=O) groups excluding carboxylic acids is 1. The van der Waals surface area contributed by atoms with Crippen LogP contribution >= 0.6 is 11.3 Å². The standard InChI is InChI=1S/C25H26FNO2S/c1-3-13-25(22-10-7-18-30-22)16-17-27(23(28)29-25)19(2)24(26)14-11-21(12-15-24)20-8-5-4-6-9-20/h3-12,14,18-19H,1,13,15-17H2,2H3/t19-,24?,25-/m0/s1. The molecule has 1 unspecified atom stereocenters. The highest BCUT2D eigenvalue weighted by Gasteiger charge is 2.47. The fourth-order valence-electron chi connectivity index (χ4n) is 4.25. The second-order valence-corrected chi connectivity index (χ2v) is 8.89. The van der Waals surface area contributed by atoms with E-state index in [-0.39, 0.29) is 6.42 Å². The normalized spacial score (nSPS) is 27.3. The van der Waals surface area contributed by atoms with Crippen LogP contribution in [0.1, 0.15) is 36.6 Å². The smallest absolute Gasteiger partial charge is 0.411 e. The molecule has 30 heavy (non-hydrogen) atoms. The Morgan fingerprint density at radius 1 is 1.30 bits per heavy atom. The molecule has 1 aliphatic heterocycles. The summed E-state index contributed by atoms with van der Waals surface area (Å²) >= 11 is 1.57. The molecule has 4 rings (SSSR count). The zero-order valence-corrected chi connectivity index (χ0v) is 17.9. The van der Waals surface area contributed by atoms with Gasteiger partial charge in [-0.3, -0.25) is 0 Å². The van der Waals surface area contributed by atoms with Gasteiger partial charge in [0.15, 0.2) is 11.3 Å². The molecule has 3 atom stereocenters. The number of cyclic esters (lactones) is 1. The van der Waals surface area contributed by atoms with E-state index in [4.69, 9.17) is 4.74 Å². The molecule has 1 aromatic heterocycles. The van der Waals surface area contributed by atoms with Crippen molar-refractivity contribution in [1.82, 2.24) is 4.90 Å². The van der Waals surface area contributed by atoms with E-state index in [2.05, 4.69) is 6.58 Å². The molecule has 3 nitrogen and oxygen atoms in total. The number of hydrogen-bond donors (Lipinski definition) is 0. The van der Waals surface area contributed by atoms with E-state index in [0.29, 0.717) is 19.4 Å². The molecule has 0 spiro atoms. The van der Waals surface area contributed by atoms with Gasteiger partial charge in [-0.05, 0) is 35.6 Å². The molecule has 1 saturated heterocycles. The molecule has 156 valence electrons. The lowest BCUT2D eigenvalue weighted by Gasteiger charge is -2.45. The Morgan fingerprint density at radius 3 is 2.70 bits per heavy atom. The van der Waals surface area contributed by atoms with Crippen LogP contribution in [0.3, 0.4) is 0 Å². The van der Waals surface area contributed by atoms with E-state index in [1.807, 2.05) is 60.0 Å². The van der Waals surface area contributed by atoms with E-state index >= 15 is 4.39 Å². The number of carbonyl (C=O) groups is 1. The van der Waals surface area contributed by atoms with Gasteiger partial charge in [0.1, 0.15) is 0 Å². The predicted octanol–water partition coefficient (Wildman–Crippen LogP) is 6.50. The molecular weight excluding hydrogens is 397 g/mol. The van der Waals surface area contributed by atoms with Crippen molar-refractivity contribution in [1.29, 1.82) is 0 Å². The number of hydrogen-bond acceptors (Lipinski definition) is 3. The lowest BCUT2D eigenvalue weighted by atomic mass is 9.84. The van der Waals surface area contributed by atoms with Crippen LogP contribution in [0, 0.1) is 0 Å². The number of benzene rings is 1. The zero-order valence-electron chi connectivity index (χ0n) is 17.1. The van der Waals surface area contributed by atoms with Gasteiger partial charge in [0.25, 0.3) is 0 Å². The van der Waals surface area contributed by atoms with Crippen molar-refractivity contribution in [3.8, 4) is 0 Å². The molecule has 2 heterocycles. The number of thiophene rings is 1. The Morgan fingerprint density at radius 2 is 2.10 bits per heavy atom. The number of nitrogens with zero attached hydrogens (tertiary/aromatic N) is 1. The van der Waals surface area contributed by atoms with Crippen molar-refractivity contribution >= 4 is 23.0 Å². The van der Waals surface area contributed by atoms with Crippen LogP contribution in [0.2, 0.25) is 0 Å². The quantitative estimate of drug-likeness (QED) is 0.496. The molecule has 1 fully saturated rings. The van der Waals surface area contributed by atoms with Crippen molar-refractivity contribution in [2.45, 2.75) is 43.5 Å². The fourth-order valence-corrected chi connectivity index (χ4v) is 5.16. The van der Waals surface area contributed by atoms with E-state index in [1.165, 1.54) is 4.90 Å². The first-order valence-electron chi connectivity index (χ1n) is 10.3. The summed E-state index contributed by atoms with van der Waals surface area (Å²) in [6.45, 7) is 6.04. The molecule has 5 heteroatoms. The average Bonchev–Trinajstić information content (AvgIpc) is 3.31. The van der Waals surface area contributed by atoms with Crippen molar-refractivity contribution in [3.05, 3.63) is 89.2 Å². The van der Waals surface area contributed by atoms with Crippen molar-refractivity contribution in [2.75, 3.05) is 6.54 Å². The van der Waals surface area contributed by atoms with Gasteiger partial charge in [0, 0.05) is 30.7 Å². The number of halogens is 1. The lowest BCUT2D eigenvalue weighted by Crippen LogP contribution is -2.56. The van der Waals surface area contributed by atoms with Crippen molar-refractivity contribution < 1.29 is 13.9 Å². The van der Waals surface area contributed by atoms with Crippen molar-refractivity contribution in [3.63, 3.8) is 0 Å². The first-order chi connectivity index (χ1) is 14.5. The van der Waals surface area contributed by atoms with Crippen LogP contribution in [0.15, 0.2) is 78.7 Å². The van der Waals surface area contributed by atoms with Gasteiger partial charge in [-0.15, -0.1) is 17.9 Å². The minimum Gasteiger partial charge on any atom is -0.437 e. The topological polar surface area (TPSA) is 29.5 Å². The van der Waals surface area contributed by atoms with Crippen LogP contribution in [0.25, 0.3) is 5.57 Å². The molecule has 1 amide bonds. The molecule has 0 radical (unpaired) electrons. The van der Waals surface area contributed by atoms with E-state index < -0.39 is 23.4 Å². The molecule has 1 aliphatic carbocycles. The summed E-state index contributed by atoms with van der Waals surface area (Å²) in [5.74, 6) is 0. The van der Waals surface area contributed by atoms with Crippen molar-refractivity contribution in [2.24, 2.45) is 0 Å². The highest BCUT2D eigenvalue weighted by Crippen LogP contribution is 2.42. The molecular formula is C25H26FNO2S. The molecule has 2 aliphatic rings. The first-order valence-corrected chi connectivity index (χ1v) is 11.1. The summed E-state index contributed by atoms with van der Waals surface area (Å²) in [6.07, 6.45) is 8.02. The van der Waals surface area contributed by atoms with Gasteiger partial charge in [-0.1, -0.05) is 54.6 Å². The Labute approximate surface area is 181 Å². The van der Waals surface area contributed by atoms with Gasteiger partial charge < -0.3 is 9.64 Å². The van der Waals surface area contributed by atoms with E-state index in [9.17, 15) is 4.79 Å². The third kappa shape index (κ3) is 3.74. The second kappa shape index (κ2) is 8.23. The van der Waals surface area contributed by atoms with E-state index in [1.54, 1.807) is 30.4 Å². The van der Waals surface area contributed by atoms with Gasteiger partial charge in [-0.25, -0.2) is 9.18 Å². The Balaban J connectivity index is 1.49. The minimum atomic E-state index is -1.63. The highest BCUT2D eigenvalue weighted by atomic mass is 32.1. The predicted molar refractivity (Wildman–Crippen MR) is 120 cm³/mol. The Bertz CT molecular complexity index is 968. The Hall–Kier alpha value is -2.66. The zero-order chi connectivity index (χ0) is 21.2. The summed E-state index contributed by atoms with van der Waals surface area (Å²) in [5.41, 5.74) is -0.264. The number of alkyl halides is 1. The fraction of sp³-hybridized carbons (Fsp3) is 0.320. The van der Waals surface area contributed by atoms with Crippen LogP contribution in [0.4, 0.5) is 9.18 Å². The largest absolute Gasteiger partial charge is 0.437 e. The van der Waals surface area contributed by atoms with Crippen LogP contribution in [-0.4, -0.2) is 29.2 Å². The third-order valence-corrected chi connectivity index (χ3v) is 7.22. The minimum absolute atomic E-state index is 0.224. The average molecular weight is 424 g/mol. The number of ether oxygens (including phenoxy) is 1. The maximum Gasteiger partial charge on any atom is 0.411 e. The molecule has 0 saturated carbocycles. The van der Waals surface area contributed by atoms with Gasteiger partial charge in [-0.2, -0.15) is 0 Å². The Kier molecular flexibility index (Phi) is 5.65. The summed E-state index contributed by atoms with van der Waals surface area (Å²) in [5, 5.41) is 1.98. The monoisotopic (exact) mass is 423 g/mol. The third-order valence-electron chi connectivity index (χ3n) is 6.16. The van der Waals surface area contributed by atoms with Gasteiger partial charge in [0.05, 0.1) is 6.04 Å². The molecule has 2 aromatic rings. The maximum atomic E-state index is 15.8. The summed E-state index contributed by atoms with van der Waals surface area (Å²) in [7, 11) is 0. The van der Waals surface area contributed by atoms with Gasteiger partial charge in [0.2, 0.25) is 0 Å². The van der Waals surface area contributed by atoms with Crippen LogP contribution < -0.4 is 0 Å². The second-order valence-electron chi connectivity index (χ2n) is 7.94. The summed E-state index contributed by atoms with van der Waals surface area (Å²) in [4.78, 5) is 15.5. The van der Waals surface area contributed by atoms with Crippen LogP contribution in [-0.2, 0) is 10.3 Å². The highest BCUT2D eigenvalue weighted by molar-refractivity contribution is 7.10. The summed E-state index contributed by atoms with van der Waals surface area (Å²) in [6, 6.07) is 13.2. The van der Waals surface area contributed by atoms with Crippen LogP contribution in [0.5, 0.6) is 0 Å². The molecule has 0 N–H and O–H groups in total. The number of allylic oxidation sites excluding steroid dienone is 3. The van der Waals surface area contributed by atoms with E-state index in [0.717, 1.165) is 16.0 Å². The molecule has 1 aromatic carbocycles. The SMILES string of the molecule is C=CC[C@@]1(c2cccs2)CCN([C@@H](C)C2(F)C=CC(c3ccccc3)=CC2)C(=O)O1. The lowest BCUT2D eigenvalue weighted by molar-refractivity contribution is -0.0688. The summed E-state index contributed by atoms with van der Waals surface area (Å²) < 4.78 is 21.8. The van der Waals surface area contributed by atoms with Gasteiger partial charge >= 0.3 is 6.09 Å². The number of rotatable bonds is 6. The number of amides is 1. The maximum absolute atomic E-state index is 15.8. The molecule has 0 bridgehead atoms. The first kappa shape index (κ1) is 20.6.